The number of hydrazine groups is 1. The van der Waals surface area contributed by atoms with Crippen LogP contribution in [0.2, 0.25) is 0 Å². The van der Waals surface area contributed by atoms with Gasteiger partial charge in [0.05, 0.1) is 4.47 Å². The first-order valence-electron chi connectivity index (χ1n) is 6.62. The van der Waals surface area contributed by atoms with Gasteiger partial charge in [0.2, 0.25) is 0 Å². The van der Waals surface area contributed by atoms with Crippen molar-refractivity contribution in [1.82, 2.24) is 5.43 Å². The van der Waals surface area contributed by atoms with Crippen LogP contribution in [0.25, 0.3) is 0 Å². The first-order chi connectivity index (χ1) is 8.70. The predicted molar refractivity (Wildman–Crippen MR) is 75.4 cm³/mol. The van der Waals surface area contributed by atoms with Crippen LogP contribution in [0.15, 0.2) is 22.7 Å². The van der Waals surface area contributed by atoms with Crippen molar-refractivity contribution in [3.05, 3.63) is 34.1 Å². The van der Waals surface area contributed by atoms with Gasteiger partial charge in [0.15, 0.2) is 0 Å². The summed E-state index contributed by atoms with van der Waals surface area (Å²) < 4.78 is 13.7. The van der Waals surface area contributed by atoms with Gasteiger partial charge in [0, 0.05) is 6.04 Å². The fraction of sp³-hybridized carbons (Fsp3) is 0.571. The maximum atomic E-state index is 13.2. The highest BCUT2D eigenvalue weighted by molar-refractivity contribution is 9.10. The molecule has 1 aromatic rings. The van der Waals surface area contributed by atoms with E-state index >= 15 is 0 Å². The summed E-state index contributed by atoms with van der Waals surface area (Å²) in [4.78, 5) is 0. The first kappa shape index (κ1) is 14.0. The van der Waals surface area contributed by atoms with E-state index in [1.54, 1.807) is 0 Å². The Morgan fingerprint density at radius 2 is 2.06 bits per heavy atom. The standard InChI is InChI=1S/C14H20BrFN2/c15-12-9-11(6-7-13(12)16)14(18-17)8-10-4-2-1-3-5-10/h6-7,9-10,14,18H,1-5,8,17H2. The molecule has 0 bridgehead atoms. The molecule has 100 valence electrons. The Morgan fingerprint density at radius 3 is 2.67 bits per heavy atom. The van der Waals surface area contributed by atoms with Gasteiger partial charge in [0.1, 0.15) is 5.82 Å². The van der Waals surface area contributed by atoms with E-state index < -0.39 is 0 Å². The molecule has 2 nitrogen and oxygen atoms in total. The molecule has 3 N–H and O–H groups in total. The maximum absolute atomic E-state index is 13.2. The normalized spacial score (nSPS) is 18.8. The van der Waals surface area contributed by atoms with Gasteiger partial charge < -0.3 is 0 Å². The highest BCUT2D eigenvalue weighted by Crippen LogP contribution is 2.32. The minimum absolute atomic E-state index is 0.116. The van der Waals surface area contributed by atoms with Gasteiger partial charge in [-0.2, -0.15) is 0 Å². The Bertz CT molecular complexity index is 391. The minimum Gasteiger partial charge on any atom is -0.271 e. The Hall–Kier alpha value is -0.450. The Kier molecular flexibility index (Phi) is 5.15. The number of nitrogens with one attached hydrogen (secondary N) is 1. The van der Waals surface area contributed by atoms with Crippen LogP contribution in [0.4, 0.5) is 4.39 Å². The molecule has 1 aliphatic rings. The molecule has 0 radical (unpaired) electrons. The monoisotopic (exact) mass is 314 g/mol. The third-order valence-electron chi connectivity index (χ3n) is 3.84. The zero-order chi connectivity index (χ0) is 13.0. The lowest BCUT2D eigenvalue weighted by Crippen LogP contribution is -2.30. The van der Waals surface area contributed by atoms with Crippen molar-refractivity contribution in [3.8, 4) is 0 Å². The van der Waals surface area contributed by atoms with E-state index in [4.69, 9.17) is 5.84 Å². The molecule has 4 heteroatoms. The summed E-state index contributed by atoms with van der Waals surface area (Å²) in [5.74, 6) is 6.16. The molecule has 1 atom stereocenters. The van der Waals surface area contributed by atoms with Gasteiger partial charge in [-0.15, -0.1) is 0 Å². The smallest absolute Gasteiger partial charge is 0.137 e. The molecule has 1 aromatic carbocycles. The van der Waals surface area contributed by atoms with Gasteiger partial charge >= 0.3 is 0 Å². The van der Waals surface area contributed by atoms with Gasteiger partial charge in [-0.1, -0.05) is 38.2 Å². The Labute approximate surface area is 116 Å². The van der Waals surface area contributed by atoms with Crippen LogP contribution in [0.1, 0.15) is 50.1 Å². The fourth-order valence-electron chi connectivity index (χ4n) is 2.79. The zero-order valence-electron chi connectivity index (χ0n) is 10.5. The van der Waals surface area contributed by atoms with Crippen molar-refractivity contribution in [2.75, 3.05) is 0 Å². The van der Waals surface area contributed by atoms with Crippen molar-refractivity contribution in [2.45, 2.75) is 44.6 Å². The highest BCUT2D eigenvalue weighted by atomic mass is 79.9. The average molecular weight is 315 g/mol. The van der Waals surface area contributed by atoms with Crippen LogP contribution >= 0.6 is 15.9 Å². The van der Waals surface area contributed by atoms with Crippen molar-refractivity contribution < 1.29 is 4.39 Å². The van der Waals surface area contributed by atoms with Crippen LogP contribution in [-0.2, 0) is 0 Å². The second kappa shape index (κ2) is 6.64. The number of hydrogen-bond donors (Lipinski definition) is 2. The number of benzene rings is 1. The third kappa shape index (κ3) is 3.53. The molecule has 18 heavy (non-hydrogen) atoms. The van der Waals surface area contributed by atoms with Crippen LogP contribution in [0, 0.1) is 11.7 Å². The van der Waals surface area contributed by atoms with Crippen LogP contribution in [0.5, 0.6) is 0 Å². The highest BCUT2D eigenvalue weighted by Gasteiger charge is 2.20. The quantitative estimate of drug-likeness (QED) is 0.649. The summed E-state index contributed by atoms with van der Waals surface area (Å²) in [5, 5.41) is 0. The van der Waals surface area contributed by atoms with Crippen LogP contribution < -0.4 is 11.3 Å². The van der Waals surface area contributed by atoms with Crippen molar-refractivity contribution in [2.24, 2.45) is 11.8 Å². The topological polar surface area (TPSA) is 38.0 Å². The summed E-state index contributed by atoms with van der Waals surface area (Å²) in [6, 6.07) is 5.24. The zero-order valence-corrected chi connectivity index (χ0v) is 12.0. The van der Waals surface area contributed by atoms with Gasteiger partial charge in [0.25, 0.3) is 0 Å². The molecule has 0 spiro atoms. The lowest BCUT2D eigenvalue weighted by atomic mass is 9.83. The van der Waals surface area contributed by atoms with E-state index in [0.29, 0.717) is 4.47 Å². The molecule has 0 heterocycles. The molecule has 1 aliphatic carbocycles. The summed E-state index contributed by atoms with van der Waals surface area (Å²) in [5.41, 5.74) is 3.92. The molecule has 1 fully saturated rings. The molecule has 0 saturated heterocycles. The third-order valence-corrected chi connectivity index (χ3v) is 4.45. The van der Waals surface area contributed by atoms with E-state index in [-0.39, 0.29) is 11.9 Å². The van der Waals surface area contributed by atoms with E-state index in [1.807, 2.05) is 12.1 Å². The van der Waals surface area contributed by atoms with Crippen LogP contribution in [0.3, 0.4) is 0 Å². The number of halogens is 2. The predicted octanol–water partition coefficient (Wildman–Crippen LogP) is 4.06. The molecule has 1 unspecified atom stereocenters. The molecular formula is C14H20BrFN2. The van der Waals surface area contributed by atoms with Crippen molar-refractivity contribution >= 4 is 15.9 Å². The number of rotatable bonds is 4. The lowest BCUT2D eigenvalue weighted by Gasteiger charge is -2.26. The molecule has 0 amide bonds. The molecule has 1 saturated carbocycles. The molecule has 0 aromatic heterocycles. The largest absolute Gasteiger partial charge is 0.271 e. The van der Waals surface area contributed by atoms with Crippen molar-refractivity contribution in [1.29, 1.82) is 0 Å². The average Bonchev–Trinajstić information content (AvgIpc) is 2.40. The van der Waals surface area contributed by atoms with Gasteiger partial charge in [-0.3, -0.25) is 11.3 Å². The van der Waals surface area contributed by atoms with Crippen LogP contribution in [-0.4, -0.2) is 0 Å². The summed E-state index contributed by atoms with van der Waals surface area (Å²) in [6.07, 6.45) is 7.64. The van der Waals surface area contributed by atoms with E-state index in [9.17, 15) is 4.39 Å². The van der Waals surface area contributed by atoms with Gasteiger partial charge in [-0.05, 0) is 46.0 Å². The SMILES string of the molecule is NNC(CC1CCCCC1)c1ccc(F)c(Br)c1. The molecular weight excluding hydrogens is 295 g/mol. The number of hydrogen-bond acceptors (Lipinski definition) is 2. The minimum atomic E-state index is -0.229. The van der Waals surface area contributed by atoms with E-state index in [2.05, 4.69) is 21.4 Å². The second-order valence-corrected chi connectivity index (χ2v) is 5.99. The Balaban J connectivity index is 2.04. The fourth-order valence-corrected chi connectivity index (χ4v) is 3.18. The van der Waals surface area contributed by atoms with E-state index in [1.165, 1.54) is 38.2 Å². The summed E-state index contributed by atoms with van der Waals surface area (Å²) >= 11 is 3.23. The first-order valence-corrected chi connectivity index (χ1v) is 7.41. The summed E-state index contributed by atoms with van der Waals surface area (Å²) in [7, 11) is 0. The summed E-state index contributed by atoms with van der Waals surface area (Å²) in [6.45, 7) is 0. The second-order valence-electron chi connectivity index (χ2n) is 5.13. The molecule has 0 aliphatic heterocycles. The van der Waals surface area contributed by atoms with Crippen molar-refractivity contribution in [3.63, 3.8) is 0 Å². The molecule has 2 rings (SSSR count). The van der Waals surface area contributed by atoms with Gasteiger partial charge in [-0.25, -0.2) is 4.39 Å². The maximum Gasteiger partial charge on any atom is 0.137 e. The number of nitrogens with two attached hydrogens (primary N) is 1. The lowest BCUT2D eigenvalue weighted by molar-refractivity contribution is 0.301. The van der Waals surface area contributed by atoms with E-state index in [0.717, 1.165) is 17.9 Å². The Morgan fingerprint density at radius 1 is 1.33 bits per heavy atom.